The molecule has 4 aromatic rings. The molecule has 3 aromatic carbocycles. The van der Waals surface area contributed by atoms with Gasteiger partial charge in [0.2, 0.25) is 0 Å². The standard InChI is InChI=1S/C26H24N2O3/c1-17-8-13-23-20(14-17)15-21(25(29)27-23)16-28(24-7-5-4-6-18(24)2)26(30)19-9-11-22(31-3)12-10-19/h4-15H,16H2,1-3H3,(H,27,29). The van der Waals surface area contributed by atoms with Crippen LogP contribution in [0.4, 0.5) is 5.69 Å². The molecule has 0 radical (unpaired) electrons. The van der Waals surface area contributed by atoms with Crippen molar-refractivity contribution >= 4 is 22.5 Å². The Labute approximate surface area is 180 Å². The van der Waals surface area contributed by atoms with Gasteiger partial charge in [0.15, 0.2) is 0 Å². The van der Waals surface area contributed by atoms with Crippen LogP contribution in [0.25, 0.3) is 10.9 Å². The van der Waals surface area contributed by atoms with Crippen LogP contribution >= 0.6 is 0 Å². The lowest BCUT2D eigenvalue weighted by Crippen LogP contribution is -2.33. The largest absolute Gasteiger partial charge is 0.497 e. The first kappa shape index (κ1) is 20.4. The second kappa shape index (κ2) is 8.48. The molecule has 0 aliphatic heterocycles. The predicted molar refractivity (Wildman–Crippen MR) is 124 cm³/mol. The lowest BCUT2D eigenvalue weighted by atomic mass is 10.1. The Morgan fingerprint density at radius 3 is 2.42 bits per heavy atom. The van der Waals surface area contributed by atoms with Gasteiger partial charge in [-0.15, -0.1) is 0 Å². The van der Waals surface area contributed by atoms with Gasteiger partial charge in [0.1, 0.15) is 5.75 Å². The minimum Gasteiger partial charge on any atom is -0.497 e. The number of hydrogen-bond donors (Lipinski definition) is 1. The summed E-state index contributed by atoms with van der Waals surface area (Å²) in [5.41, 5.74) is 4.47. The number of hydrogen-bond acceptors (Lipinski definition) is 3. The van der Waals surface area contributed by atoms with Crippen molar-refractivity contribution in [3.8, 4) is 5.75 Å². The van der Waals surface area contributed by atoms with Crippen LogP contribution in [0.2, 0.25) is 0 Å². The Balaban J connectivity index is 1.79. The van der Waals surface area contributed by atoms with Crippen molar-refractivity contribution in [1.29, 1.82) is 0 Å². The number of rotatable bonds is 5. The van der Waals surface area contributed by atoms with E-state index in [1.165, 1.54) is 0 Å². The van der Waals surface area contributed by atoms with E-state index in [2.05, 4.69) is 4.98 Å². The van der Waals surface area contributed by atoms with Crippen molar-refractivity contribution < 1.29 is 9.53 Å². The first-order chi connectivity index (χ1) is 15.0. The smallest absolute Gasteiger partial charge is 0.258 e. The number of carbonyl (C=O) groups excluding carboxylic acids is 1. The summed E-state index contributed by atoms with van der Waals surface area (Å²) < 4.78 is 5.20. The molecule has 0 aliphatic rings. The number of amides is 1. The summed E-state index contributed by atoms with van der Waals surface area (Å²) in [6, 6.07) is 22.4. The molecule has 1 amide bonds. The highest BCUT2D eigenvalue weighted by Crippen LogP contribution is 2.25. The Morgan fingerprint density at radius 2 is 1.71 bits per heavy atom. The van der Waals surface area contributed by atoms with Crippen molar-refractivity contribution in [2.45, 2.75) is 20.4 Å². The van der Waals surface area contributed by atoms with E-state index in [0.29, 0.717) is 16.9 Å². The van der Waals surface area contributed by atoms with Crippen LogP contribution in [0, 0.1) is 13.8 Å². The van der Waals surface area contributed by atoms with E-state index in [1.54, 1.807) is 36.3 Å². The molecule has 0 atom stereocenters. The minimum absolute atomic E-state index is 0.162. The Morgan fingerprint density at radius 1 is 0.968 bits per heavy atom. The van der Waals surface area contributed by atoms with Crippen LogP contribution in [0.15, 0.2) is 77.6 Å². The molecule has 156 valence electrons. The number of methoxy groups -OCH3 is 1. The number of carbonyl (C=O) groups is 1. The molecule has 0 unspecified atom stereocenters. The molecular formula is C26H24N2O3. The molecule has 0 fully saturated rings. The number of anilines is 1. The van der Waals surface area contributed by atoms with Gasteiger partial charge in [-0.3, -0.25) is 9.59 Å². The van der Waals surface area contributed by atoms with Crippen molar-refractivity contribution in [3.63, 3.8) is 0 Å². The quantitative estimate of drug-likeness (QED) is 0.502. The molecule has 5 heteroatoms. The fraction of sp³-hybridized carbons (Fsp3) is 0.154. The number of para-hydroxylation sites is 1. The minimum atomic E-state index is -0.197. The number of fused-ring (bicyclic) bond motifs is 1. The van der Waals surface area contributed by atoms with E-state index in [4.69, 9.17) is 4.74 Å². The maximum atomic E-state index is 13.5. The maximum absolute atomic E-state index is 13.5. The first-order valence-corrected chi connectivity index (χ1v) is 10.1. The number of H-pyrrole nitrogens is 1. The summed E-state index contributed by atoms with van der Waals surface area (Å²) in [4.78, 5) is 30.9. The fourth-order valence-electron chi connectivity index (χ4n) is 3.68. The number of benzene rings is 3. The van der Waals surface area contributed by atoms with E-state index in [0.717, 1.165) is 27.7 Å². The summed E-state index contributed by atoms with van der Waals surface area (Å²) in [7, 11) is 1.59. The molecule has 31 heavy (non-hydrogen) atoms. The lowest BCUT2D eigenvalue weighted by Gasteiger charge is -2.25. The zero-order chi connectivity index (χ0) is 22.0. The first-order valence-electron chi connectivity index (χ1n) is 10.1. The molecule has 0 aliphatic carbocycles. The highest BCUT2D eigenvalue weighted by atomic mass is 16.5. The zero-order valence-corrected chi connectivity index (χ0v) is 17.8. The van der Waals surface area contributed by atoms with E-state index in [9.17, 15) is 9.59 Å². The van der Waals surface area contributed by atoms with Gasteiger partial charge in [-0.25, -0.2) is 0 Å². The maximum Gasteiger partial charge on any atom is 0.258 e. The molecule has 0 spiro atoms. The number of aromatic nitrogens is 1. The molecule has 0 saturated heterocycles. The van der Waals surface area contributed by atoms with Gasteiger partial charge in [-0.2, -0.15) is 0 Å². The number of pyridine rings is 1. The molecule has 4 rings (SSSR count). The average molecular weight is 412 g/mol. The lowest BCUT2D eigenvalue weighted by molar-refractivity contribution is 0.0985. The van der Waals surface area contributed by atoms with Crippen molar-refractivity contribution in [3.05, 3.63) is 105 Å². The zero-order valence-electron chi connectivity index (χ0n) is 17.8. The van der Waals surface area contributed by atoms with Gasteiger partial charge in [0, 0.05) is 22.3 Å². The SMILES string of the molecule is COc1ccc(C(=O)N(Cc2cc3cc(C)ccc3[nH]c2=O)c2ccccc2C)cc1. The molecule has 1 N–H and O–H groups in total. The fourth-order valence-corrected chi connectivity index (χ4v) is 3.68. The highest BCUT2D eigenvalue weighted by molar-refractivity contribution is 6.06. The van der Waals surface area contributed by atoms with E-state index in [-0.39, 0.29) is 18.0 Å². The van der Waals surface area contributed by atoms with Crippen LogP contribution in [-0.4, -0.2) is 18.0 Å². The Bertz CT molecular complexity index is 1310. The molecule has 0 saturated carbocycles. The molecule has 1 heterocycles. The monoisotopic (exact) mass is 412 g/mol. The summed E-state index contributed by atoms with van der Waals surface area (Å²) >= 11 is 0. The summed E-state index contributed by atoms with van der Waals surface area (Å²) in [6.07, 6.45) is 0. The summed E-state index contributed by atoms with van der Waals surface area (Å²) in [6.45, 7) is 4.13. The second-order valence-electron chi connectivity index (χ2n) is 7.62. The number of nitrogens with zero attached hydrogens (tertiary/aromatic N) is 1. The van der Waals surface area contributed by atoms with E-state index >= 15 is 0 Å². The van der Waals surface area contributed by atoms with Crippen LogP contribution < -0.4 is 15.2 Å². The Hall–Kier alpha value is -3.86. The van der Waals surface area contributed by atoms with Gasteiger partial charge in [-0.1, -0.05) is 29.8 Å². The average Bonchev–Trinajstić information content (AvgIpc) is 2.78. The predicted octanol–water partition coefficient (Wildman–Crippen LogP) is 5.00. The van der Waals surface area contributed by atoms with Crippen molar-refractivity contribution in [2.24, 2.45) is 0 Å². The third-order valence-corrected chi connectivity index (χ3v) is 5.39. The summed E-state index contributed by atoms with van der Waals surface area (Å²) in [5, 5.41) is 0.941. The normalized spacial score (nSPS) is 10.8. The topological polar surface area (TPSA) is 62.4 Å². The van der Waals surface area contributed by atoms with Crippen LogP contribution in [-0.2, 0) is 6.54 Å². The third-order valence-electron chi connectivity index (χ3n) is 5.39. The molecule has 0 bridgehead atoms. The van der Waals surface area contributed by atoms with Gasteiger partial charge in [-0.05, 0) is 73.3 Å². The van der Waals surface area contributed by atoms with Crippen LogP contribution in [0.3, 0.4) is 0 Å². The Kier molecular flexibility index (Phi) is 5.58. The number of aryl methyl sites for hydroxylation is 2. The van der Waals surface area contributed by atoms with E-state index in [1.807, 2.05) is 62.4 Å². The number of ether oxygens (including phenoxy) is 1. The van der Waals surface area contributed by atoms with Crippen LogP contribution in [0.5, 0.6) is 5.75 Å². The van der Waals surface area contributed by atoms with Gasteiger partial charge in [0.25, 0.3) is 11.5 Å². The molecule has 1 aromatic heterocycles. The summed E-state index contributed by atoms with van der Waals surface area (Å²) in [5.74, 6) is 0.501. The van der Waals surface area contributed by atoms with Gasteiger partial charge >= 0.3 is 0 Å². The number of nitrogens with one attached hydrogen (secondary N) is 1. The number of aromatic amines is 1. The highest BCUT2D eigenvalue weighted by Gasteiger charge is 2.21. The molecule has 5 nitrogen and oxygen atoms in total. The van der Waals surface area contributed by atoms with Crippen molar-refractivity contribution in [2.75, 3.05) is 12.0 Å². The van der Waals surface area contributed by atoms with Crippen molar-refractivity contribution in [1.82, 2.24) is 4.98 Å². The third kappa shape index (κ3) is 4.21. The van der Waals surface area contributed by atoms with Gasteiger partial charge in [0.05, 0.1) is 13.7 Å². The van der Waals surface area contributed by atoms with Gasteiger partial charge < -0.3 is 14.6 Å². The van der Waals surface area contributed by atoms with E-state index < -0.39 is 0 Å². The van der Waals surface area contributed by atoms with Crippen LogP contribution in [0.1, 0.15) is 27.0 Å². The molecular weight excluding hydrogens is 388 g/mol. The second-order valence-corrected chi connectivity index (χ2v) is 7.62.